The minimum absolute atomic E-state index is 0.0697. The van der Waals surface area contributed by atoms with Gasteiger partial charge in [-0.05, 0) is 48.4 Å². The van der Waals surface area contributed by atoms with Crippen molar-refractivity contribution in [3.8, 4) is 0 Å². The van der Waals surface area contributed by atoms with Gasteiger partial charge < -0.3 is 10.6 Å². The average Bonchev–Trinajstić information content (AvgIpc) is 2.94. The predicted molar refractivity (Wildman–Crippen MR) is 87.7 cm³/mol. The Bertz CT molecular complexity index is 637. The Balaban J connectivity index is 1.76. The molecule has 2 aromatic carbocycles. The SMILES string of the molecule is NCC1(N2CCCc3ccccc32)Cc2ccccc2C1. The van der Waals surface area contributed by atoms with E-state index >= 15 is 0 Å². The van der Waals surface area contributed by atoms with Crippen LogP contribution >= 0.6 is 0 Å². The van der Waals surface area contributed by atoms with Crippen molar-refractivity contribution in [3.63, 3.8) is 0 Å². The van der Waals surface area contributed by atoms with Gasteiger partial charge in [0.25, 0.3) is 0 Å². The van der Waals surface area contributed by atoms with Crippen LogP contribution in [0.5, 0.6) is 0 Å². The molecule has 0 fully saturated rings. The molecule has 2 heteroatoms. The van der Waals surface area contributed by atoms with E-state index in [9.17, 15) is 0 Å². The van der Waals surface area contributed by atoms with Crippen molar-refractivity contribution in [3.05, 3.63) is 65.2 Å². The Kier molecular flexibility index (Phi) is 3.00. The molecule has 0 bridgehead atoms. The van der Waals surface area contributed by atoms with E-state index in [-0.39, 0.29) is 5.54 Å². The van der Waals surface area contributed by atoms with Crippen LogP contribution in [0.4, 0.5) is 5.69 Å². The first kappa shape index (κ1) is 12.9. The third-order valence-electron chi connectivity index (χ3n) is 5.22. The Labute approximate surface area is 126 Å². The number of fused-ring (bicyclic) bond motifs is 2. The van der Waals surface area contributed by atoms with E-state index in [1.54, 1.807) is 0 Å². The number of hydrogen-bond donors (Lipinski definition) is 1. The Morgan fingerprint density at radius 3 is 2.19 bits per heavy atom. The van der Waals surface area contributed by atoms with Gasteiger partial charge in [0.1, 0.15) is 0 Å². The van der Waals surface area contributed by atoms with E-state index in [1.807, 2.05) is 0 Å². The maximum atomic E-state index is 6.29. The molecule has 2 aromatic rings. The van der Waals surface area contributed by atoms with Gasteiger partial charge in [-0.25, -0.2) is 0 Å². The number of para-hydroxylation sites is 1. The summed E-state index contributed by atoms with van der Waals surface area (Å²) in [7, 11) is 0. The number of rotatable bonds is 2. The summed E-state index contributed by atoms with van der Waals surface area (Å²) in [5, 5.41) is 0. The molecule has 2 nitrogen and oxygen atoms in total. The minimum atomic E-state index is 0.0697. The standard InChI is InChI=1S/C19H22N2/c20-14-19(12-16-7-1-2-8-17(16)13-19)21-11-5-9-15-6-3-4-10-18(15)21/h1-4,6-8,10H,5,9,11-14,20H2. The van der Waals surface area contributed by atoms with Crippen LogP contribution in [0.1, 0.15) is 23.1 Å². The van der Waals surface area contributed by atoms with Crippen molar-refractivity contribution < 1.29 is 0 Å². The third kappa shape index (κ3) is 1.97. The van der Waals surface area contributed by atoms with E-state index in [0.717, 1.165) is 25.9 Å². The molecular formula is C19H22N2. The smallest absolute Gasteiger partial charge is 0.0604 e. The van der Waals surface area contributed by atoms with E-state index in [4.69, 9.17) is 5.73 Å². The monoisotopic (exact) mass is 278 g/mol. The second-order valence-electron chi connectivity index (χ2n) is 6.43. The molecule has 2 N–H and O–H groups in total. The zero-order valence-electron chi connectivity index (χ0n) is 12.4. The molecule has 1 aliphatic carbocycles. The predicted octanol–water partition coefficient (Wildman–Crippen LogP) is 2.94. The summed E-state index contributed by atoms with van der Waals surface area (Å²) in [4.78, 5) is 2.60. The average molecular weight is 278 g/mol. The van der Waals surface area contributed by atoms with Gasteiger partial charge >= 0.3 is 0 Å². The van der Waals surface area contributed by atoms with Crippen molar-refractivity contribution in [2.24, 2.45) is 5.73 Å². The molecule has 0 aromatic heterocycles. The molecule has 108 valence electrons. The van der Waals surface area contributed by atoms with Gasteiger partial charge in [-0.3, -0.25) is 0 Å². The maximum Gasteiger partial charge on any atom is 0.0604 e. The normalized spacial score (nSPS) is 19.2. The van der Waals surface area contributed by atoms with Crippen molar-refractivity contribution in [2.75, 3.05) is 18.0 Å². The molecule has 0 radical (unpaired) electrons. The molecule has 2 aliphatic rings. The van der Waals surface area contributed by atoms with Crippen LogP contribution in [-0.2, 0) is 19.3 Å². The Morgan fingerprint density at radius 2 is 1.52 bits per heavy atom. The fourth-order valence-corrected chi connectivity index (χ4v) is 4.15. The summed E-state index contributed by atoms with van der Waals surface area (Å²) >= 11 is 0. The first-order valence-electron chi connectivity index (χ1n) is 7.95. The number of nitrogens with two attached hydrogens (primary N) is 1. The van der Waals surface area contributed by atoms with Gasteiger partial charge in [-0.2, -0.15) is 0 Å². The fraction of sp³-hybridized carbons (Fsp3) is 0.368. The van der Waals surface area contributed by atoms with Crippen molar-refractivity contribution in [1.29, 1.82) is 0 Å². The van der Waals surface area contributed by atoms with Gasteiger partial charge in [-0.1, -0.05) is 42.5 Å². The van der Waals surface area contributed by atoms with Gasteiger partial charge in [-0.15, -0.1) is 0 Å². The summed E-state index contributed by atoms with van der Waals surface area (Å²) in [6.07, 6.45) is 4.58. The summed E-state index contributed by atoms with van der Waals surface area (Å²) in [6, 6.07) is 17.7. The Morgan fingerprint density at radius 1 is 0.905 bits per heavy atom. The van der Waals surface area contributed by atoms with Crippen molar-refractivity contribution >= 4 is 5.69 Å². The van der Waals surface area contributed by atoms with E-state index in [0.29, 0.717) is 0 Å². The molecule has 1 heterocycles. The van der Waals surface area contributed by atoms with Crippen LogP contribution in [0.3, 0.4) is 0 Å². The molecule has 0 atom stereocenters. The van der Waals surface area contributed by atoms with Gasteiger partial charge in [0, 0.05) is 18.8 Å². The van der Waals surface area contributed by atoms with E-state index in [1.165, 1.54) is 35.2 Å². The second-order valence-corrected chi connectivity index (χ2v) is 6.43. The number of benzene rings is 2. The van der Waals surface area contributed by atoms with Crippen LogP contribution < -0.4 is 10.6 Å². The molecule has 0 saturated carbocycles. The lowest BCUT2D eigenvalue weighted by atomic mass is 9.89. The highest BCUT2D eigenvalue weighted by Crippen LogP contribution is 2.40. The topological polar surface area (TPSA) is 29.3 Å². The van der Waals surface area contributed by atoms with Crippen molar-refractivity contribution in [2.45, 2.75) is 31.2 Å². The lowest BCUT2D eigenvalue weighted by Crippen LogP contribution is -2.56. The van der Waals surface area contributed by atoms with Crippen LogP contribution in [0.15, 0.2) is 48.5 Å². The second kappa shape index (κ2) is 4.88. The fourth-order valence-electron chi connectivity index (χ4n) is 4.15. The van der Waals surface area contributed by atoms with Crippen molar-refractivity contribution in [1.82, 2.24) is 0 Å². The van der Waals surface area contributed by atoms with Gasteiger partial charge in [0.05, 0.1) is 5.54 Å². The summed E-state index contributed by atoms with van der Waals surface area (Å²) in [5.74, 6) is 0. The molecule has 0 amide bonds. The zero-order chi connectivity index (χ0) is 14.3. The van der Waals surface area contributed by atoms with Crippen LogP contribution in [0, 0.1) is 0 Å². The Hall–Kier alpha value is -1.80. The van der Waals surface area contributed by atoms with Gasteiger partial charge in [0.2, 0.25) is 0 Å². The highest BCUT2D eigenvalue weighted by Gasteiger charge is 2.42. The molecule has 4 rings (SSSR count). The van der Waals surface area contributed by atoms with Crippen LogP contribution in [-0.4, -0.2) is 18.6 Å². The van der Waals surface area contributed by atoms with Gasteiger partial charge in [0.15, 0.2) is 0 Å². The molecule has 0 unspecified atom stereocenters. The number of hydrogen-bond acceptors (Lipinski definition) is 2. The first-order chi connectivity index (χ1) is 10.3. The summed E-state index contributed by atoms with van der Waals surface area (Å²) < 4.78 is 0. The maximum absolute atomic E-state index is 6.29. The molecule has 0 saturated heterocycles. The zero-order valence-corrected chi connectivity index (χ0v) is 12.4. The first-order valence-corrected chi connectivity index (χ1v) is 7.95. The molecule has 0 spiro atoms. The number of anilines is 1. The summed E-state index contributed by atoms with van der Waals surface area (Å²) in [5.41, 5.74) is 12.2. The van der Waals surface area contributed by atoms with E-state index in [2.05, 4.69) is 53.4 Å². The number of aryl methyl sites for hydroxylation is 1. The lowest BCUT2D eigenvalue weighted by Gasteiger charge is -2.45. The minimum Gasteiger partial charge on any atom is -0.364 e. The number of nitrogens with zero attached hydrogens (tertiary/aromatic N) is 1. The highest BCUT2D eigenvalue weighted by atomic mass is 15.2. The molecule has 1 aliphatic heterocycles. The molecular weight excluding hydrogens is 256 g/mol. The quantitative estimate of drug-likeness (QED) is 0.915. The largest absolute Gasteiger partial charge is 0.364 e. The summed E-state index contributed by atoms with van der Waals surface area (Å²) in [6.45, 7) is 1.85. The van der Waals surface area contributed by atoms with Crippen LogP contribution in [0.2, 0.25) is 0 Å². The lowest BCUT2D eigenvalue weighted by molar-refractivity contribution is 0.401. The molecule has 21 heavy (non-hydrogen) atoms. The van der Waals surface area contributed by atoms with E-state index < -0.39 is 0 Å². The highest BCUT2D eigenvalue weighted by molar-refractivity contribution is 5.59. The third-order valence-corrected chi connectivity index (χ3v) is 5.22. The van der Waals surface area contributed by atoms with Crippen LogP contribution in [0.25, 0.3) is 0 Å².